The fraction of sp³-hybridized carbons (Fsp3) is 0.240. The van der Waals surface area contributed by atoms with Gasteiger partial charge in [0.25, 0.3) is 5.91 Å². The molecule has 0 radical (unpaired) electrons. The van der Waals surface area contributed by atoms with Crippen molar-refractivity contribution < 1.29 is 9.53 Å². The van der Waals surface area contributed by atoms with Crippen LogP contribution in [0.25, 0.3) is 16.9 Å². The fourth-order valence-electron chi connectivity index (χ4n) is 3.89. The molecule has 0 bridgehead atoms. The van der Waals surface area contributed by atoms with E-state index in [9.17, 15) is 4.79 Å². The van der Waals surface area contributed by atoms with E-state index in [1.807, 2.05) is 54.6 Å². The molecule has 2 aromatic carbocycles. The quantitative estimate of drug-likeness (QED) is 0.421. The van der Waals surface area contributed by atoms with Crippen molar-refractivity contribution in [3.63, 3.8) is 0 Å². The lowest BCUT2D eigenvalue weighted by atomic mass is 10.1. The van der Waals surface area contributed by atoms with Crippen LogP contribution in [0.3, 0.4) is 0 Å². The van der Waals surface area contributed by atoms with E-state index < -0.39 is 0 Å². The standard InChI is InChI=1S/C25H25ClN6O2/c26-20-8-4-18(5-9-20)22-2-1-3-23-29-25(30-32(22)23)28-21-10-6-19(7-11-21)24(33)27-12-13-31-14-16-34-17-15-31/h1-11H,12-17H2,(H,27,33)(H,28,30). The predicted molar refractivity (Wildman–Crippen MR) is 133 cm³/mol. The second kappa shape index (κ2) is 10.2. The number of carbonyl (C=O) groups excluding carboxylic acids is 1. The van der Waals surface area contributed by atoms with E-state index in [0.717, 1.165) is 55.4 Å². The van der Waals surface area contributed by atoms with Gasteiger partial charge in [0, 0.05) is 48.0 Å². The molecule has 1 fully saturated rings. The molecule has 0 spiro atoms. The van der Waals surface area contributed by atoms with Crippen molar-refractivity contribution in [3.8, 4) is 11.3 Å². The molecule has 5 rings (SSSR count). The number of morpholine rings is 1. The molecule has 1 aliphatic rings. The predicted octanol–water partition coefficient (Wildman–Crippen LogP) is 3.86. The van der Waals surface area contributed by atoms with Gasteiger partial charge in [0.2, 0.25) is 5.95 Å². The highest BCUT2D eigenvalue weighted by Gasteiger charge is 2.12. The van der Waals surface area contributed by atoms with Crippen molar-refractivity contribution in [2.45, 2.75) is 0 Å². The van der Waals surface area contributed by atoms with Crippen molar-refractivity contribution in [1.29, 1.82) is 0 Å². The van der Waals surface area contributed by atoms with Gasteiger partial charge in [0.15, 0.2) is 5.65 Å². The molecule has 0 saturated carbocycles. The average Bonchev–Trinajstić information content (AvgIpc) is 3.28. The van der Waals surface area contributed by atoms with E-state index in [0.29, 0.717) is 23.1 Å². The number of fused-ring (bicyclic) bond motifs is 1. The van der Waals surface area contributed by atoms with E-state index >= 15 is 0 Å². The topological polar surface area (TPSA) is 83.8 Å². The third-order valence-corrected chi connectivity index (χ3v) is 5.97. The van der Waals surface area contributed by atoms with Crippen molar-refractivity contribution >= 4 is 34.8 Å². The molecule has 34 heavy (non-hydrogen) atoms. The van der Waals surface area contributed by atoms with Crippen LogP contribution in [0, 0.1) is 0 Å². The number of nitrogens with one attached hydrogen (secondary N) is 2. The number of nitrogens with zero attached hydrogens (tertiary/aromatic N) is 4. The molecule has 2 N–H and O–H groups in total. The van der Waals surface area contributed by atoms with Crippen LogP contribution in [0.5, 0.6) is 0 Å². The average molecular weight is 477 g/mol. The highest BCUT2D eigenvalue weighted by molar-refractivity contribution is 6.30. The van der Waals surface area contributed by atoms with Crippen molar-refractivity contribution in [1.82, 2.24) is 24.8 Å². The first-order chi connectivity index (χ1) is 16.7. The van der Waals surface area contributed by atoms with Crippen molar-refractivity contribution in [3.05, 3.63) is 77.3 Å². The summed E-state index contributed by atoms with van der Waals surface area (Å²) in [6.45, 7) is 4.77. The first kappa shape index (κ1) is 22.3. The first-order valence-electron chi connectivity index (χ1n) is 11.2. The normalized spacial score (nSPS) is 14.3. The van der Waals surface area contributed by atoms with Crippen LogP contribution in [0.1, 0.15) is 10.4 Å². The van der Waals surface area contributed by atoms with Crippen LogP contribution < -0.4 is 10.6 Å². The SMILES string of the molecule is O=C(NCCN1CCOCC1)c1ccc(Nc2nc3cccc(-c4ccc(Cl)cc4)n3n2)cc1. The van der Waals surface area contributed by atoms with Crippen LogP contribution in [0.2, 0.25) is 5.02 Å². The minimum atomic E-state index is -0.0849. The van der Waals surface area contributed by atoms with E-state index in [-0.39, 0.29) is 5.91 Å². The Labute approximate surface area is 202 Å². The van der Waals surface area contributed by atoms with E-state index in [1.165, 1.54) is 0 Å². The molecule has 174 valence electrons. The summed E-state index contributed by atoms with van der Waals surface area (Å²) < 4.78 is 7.14. The molecule has 1 saturated heterocycles. The second-order valence-corrected chi connectivity index (χ2v) is 8.47. The van der Waals surface area contributed by atoms with E-state index in [2.05, 4.69) is 25.6 Å². The summed E-state index contributed by atoms with van der Waals surface area (Å²) >= 11 is 6.02. The number of amides is 1. The first-order valence-corrected chi connectivity index (χ1v) is 11.6. The number of halogens is 1. The number of pyridine rings is 1. The Kier molecular flexibility index (Phi) is 6.71. The number of hydrogen-bond donors (Lipinski definition) is 2. The van der Waals surface area contributed by atoms with Crippen LogP contribution in [-0.2, 0) is 4.74 Å². The summed E-state index contributed by atoms with van der Waals surface area (Å²) in [5.41, 5.74) is 4.05. The summed E-state index contributed by atoms with van der Waals surface area (Å²) in [7, 11) is 0. The number of hydrogen-bond acceptors (Lipinski definition) is 6. The van der Waals surface area contributed by atoms with Crippen LogP contribution in [0.4, 0.5) is 11.6 Å². The van der Waals surface area contributed by atoms with Crippen LogP contribution >= 0.6 is 11.6 Å². The lowest BCUT2D eigenvalue weighted by molar-refractivity contribution is 0.0383. The molecule has 8 nitrogen and oxygen atoms in total. The molecular weight excluding hydrogens is 452 g/mol. The third-order valence-electron chi connectivity index (χ3n) is 5.72. The van der Waals surface area contributed by atoms with Gasteiger partial charge in [-0.15, -0.1) is 5.10 Å². The minimum Gasteiger partial charge on any atom is -0.379 e. The zero-order chi connectivity index (χ0) is 23.3. The Balaban J connectivity index is 1.23. The van der Waals surface area contributed by atoms with Gasteiger partial charge in [-0.05, 0) is 48.5 Å². The lowest BCUT2D eigenvalue weighted by Gasteiger charge is -2.26. The maximum absolute atomic E-state index is 12.5. The Bertz CT molecular complexity index is 1270. The van der Waals surface area contributed by atoms with Gasteiger partial charge < -0.3 is 15.4 Å². The molecular formula is C25H25ClN6O2. The smallest absolute Gasteiger partial charge is 0.251 e. The zero-order valence-electron chi connectivity index (χ0n) is 18.6. The molecule has 0 atom stereocenters. The number of carbonyl (C=O) groups is 1. The summed E-state index contributed by atoms with van der Waals surface area (Å²) in [5, 5.41) is 11.5. The monoisotopic (exact) mass is 476 g/mol. The molecule has 1 aliphatic heterocycles. The Morgan fingerprint density at radius 3 is 2.53 bits per heavy atom. The minimum absolute atomic E-state index is 0.0849. The second-order valence-electron chi connectivity index (χ2n) is 8.04. The fourth-order valence-corrected chi connectivity index (χ4v) is 4.01. The van der Waals surface area contributed by atoms with Gasteiger partial charge in [-0.25, -0.2) is 4.52 Å². The van der Waals surface area contributed by atoms with E-state index in [1.54, 1.807) is 16.6 Å². The molecule has 9 heteroatoms. The van der Waals surface area contributed by atoms with Crippen LogP contribution in [-0.4, -0.2) is 64.8 Å². The third kappa shape index (κ3) is 5.20. The number of benzene rings is 2. The molecule has 4 aromatic rings. The molecule has 3 heterocycles. The number of rotatable bonds is 7. The van der Waals surface area contributed by atoms with Crippen LogP contribution in [0.15, 0.2) is 66.7 Å². The molecule has 0 unspecified atom stereocenters. The van der Waals surface area contributed by atoms with Gasteiger partial charge in [-0.2, -0.15) is 4.98 Å². The van der Waals surface area contributed by atoms with Crippen molar-refractivity contribution in [2.75, 3.05) is 44.7 Å². The largest absolute Gasteiger partial charge is 0.379 e. The van der Waals surface area contributed by atoms with Gasteiger partial charge in [0.1, 0.15) is 0 Å². The lowest BCUT2D eigenvalue weighted by Crippen LogP contribution is -2.41. The highest BCUT2D eigenvalue weighted by Crippen LogP contribution is 2.23. The number of ether oxygens (including phenoxy) is 1. The Morgan fingerprint density at radius 1 is 1.00 bits per heavy atom. The van der Waals surface area contributed by atoms with Gasteiger partial charge in [-0.3, -0.25) is 9.69 Å². The zero-order valence-corrected chi connectivity index (χ0v) is 19.3. The van der Waals surface area contributed by atoms with Crippen molar-refractivity contribution in [2.24, 2.45) is 0 Å². The van der Waals surface area contributed by atoms with Gasteiger partial charge in [0.05, 0.1) is 18.9 Å². The summed E-state index contributed by atoms with van der Waals surface area (Å²) in [6, 6.07) is 20.7. The summed E-state index contributed by atoms with van der Waals surface area (Å²) in [4.78, 5) is 19.3. The maximum Gasteiger partial charge on any atom is 0.251 e. The maximum atomic E-state index is 12.5. The molecule has 2 aromatic heterocycles. The Morgan fingerprint density at radius 2 is 1.76 bits per heavy atom. The molecule has 0 aliphatic carbocycles. The van der Waals surface area contributed by atoms with Gasteiger partial charge >= 0.3 is 0 Å². The number of aromatic nitrogens is 3. The summed E-state index contributed by atoms with van der Waals surface area (Å²) in [5.74, 6) is 0.391. The Hall–Kier alpha value is -3.46. The molecule has 1 amide bonds. The van der Waals surface area contributed by atoms with E-state index in [4.69, 9.17) is 16.3 Å². The van der Waals surface area contributed by atoms with Gasteiger partial charge in [-0.1, -0.05) is 29.8 Å². The highest BCUT2D eigenvalue weighted by atomic mass is 35.5. The number of anilines is 2. The summed E-state index contributed by atoms with van der Waals surface area (Å²) in [6.07, 6.45) is 0.